The summed E-state index contributed by atoms with van der Waals surface area (Å²) in [5.74, 6) is 3.45. The van der Waals surface area contributed by atoms with E-state index >= 15 is 0 Å². The minimum absolute atomic E-state index is 0.418. The molecule has 1 atom stereocenters. The fraction of sp³-hybridized carbons (Fsp3) is 0.609. The van der Waals surface area contributed by atoms with Crippen LogP contribution in [0, 0.1) is 18.3 Å². The van der Waals surface area contributed by atoms with Gasteiger partial charge in [0.25, 0.3) is 0 Å². The summed E-state index contributed by atoms with van der Waals surface area (Å²) < 4.78 is 2.12. The molecule has 8 heteroatoms. The van der Waals surface area contributed by atoms with Gasteiger partial charge in [0.1, 0.15) is 18.0 Å². The lowest BCUT2D eigenvalue weighted by molar-refractivity contribution is 0.309. The number of imidazole rings is 1. The molecule has 0 aromatic carbocycles. The van der Waals surface area contributed by atoms with Gasteiger partial charge in [-0.2, -0.15) is 0 Å². The minimum Gasteiger partial charge on any atom is -0.363 e. The summed E-state index contributed by atoms with van der Waals surface area (Å²) in [4.78, 5) is 25.5. The maximum Gasteiger partial charge on any atom is 0.165 e. The van der Waals surface area contributed by atoms with Gasteiger partial charge >= 0.3 is 0 Å². The number of aryl methyl sites for hydroxylation is 2. The van der Waals surface area contributed by atoms with Crippen LogP contribution in [0.2, 0.25) is 0 Å². The third-order valence-corrected chi connectivity index (χ3v) is 7.36. The van der Waals surface area contributed by atoms with Crippen molar-refractivity contribution in [3.63, 3.8) is 0 Å². The van der Waals surface area contributed by atoms with E-state index in [0.29, 0.717) is 11.5 Å². The summed E-state index contributed by atoms with van der Waals surface area (Å²) in [6, 6.07) is 0.433. The molecule has 2 saturated carbocycles. The number of hydrogen-bond donors (Lipinski definition) is 1. The van der Waals surface area contributed by atoms with Gasteiger partial charge in [0.15, 0.2) is 17.0 Å². The number of fused-ring (bicyclic) bond motifs is 1. The smallest absolute Gasteiger partial charge is 0.165 e. The summed E-state index contributed by atoms with van der Waals surface area (Å²) in [6.45, 7) is 8.35. The maximum atomic E-state index is 4.96. The van der Waals surface area contributed by atoms with E-state index in [9.17, 15) is 0 Å². The van der Waals surface area contributed by atoms with Crippen molar-refractivity contribution in [2.75, 3.05) is 25.0 Å². The topological polar surface area (TPSA) is 84.7 Å². The molecule has 1 saturated heterocycles. The van der Waals surface area contributed by atoms with E-state index in [-0.39, 0.29) is 0 Å². The first-order valence-corrected chi connectivity index (χ1v) is 11.6. The van der Waals surface area contributed by atoms with Crippen LogP contribution in [-0.4, -0.2) is 60.1 Å². The van der Waals surface area contributed by atoms with Crippen molar-refractivity contribution in [2.24, 2.45) is 11.3 Å². The lowest BCUT2D eigenvalue weighted by atomic mass is 10.0. The van der Waals surface area contributed by atoms with Crippen LogP contribution < -0.4 is 5.32 Å². The minimum atomic E-state index is 0.418. The maximum absolute atomic E-state index is 4.96. The Labute approximate surface area is 182 Å². The Balaban J connectivity index is 1.30. The highest BCUT2D eigenvalue weighted by Gasteiger charge is 2.55. The highest BCUT2D eigenvalue weighted by molar-refractivity contribution is 5.86. The Morgan fingerprint density at radius 2 is 1.94 bits per heavy atom. The Hall–Kier alpha value is -2.61. The first-order valence-electron chi connectivity index (χ1n) is 11.6. The molecular formula is C23H30N8. The van der Waals surface area contributed by atoms with Gasteiger partial charge in [-0.3, -0.25) is 0 Å². The predicted octanol–water partition coefficient (Wildman–Crippen LogP) is 3.29. The van der Waals surface area contributed by atoms with Crippen LogP contribution in [0.15, 0.2) is 18.7 Å². The van der Waals surface area contributed by atoms with Gasteiger partial charge in [-0.1, -0.05) is 12.8 Å². The standard InChI is InChI=1S/C23H30N8/c1-3-31-21(17-10-24-15(2)25-11-17)29-19-20(26-14-27-22(19)31)28-18-12-30(9-6-16-4-5-16)13-23(18)7-8-23/h10-11,14,16,18H,3-9,12-13H2,1-2H3,(H,26,27,28). The number of hydrogen-bond acceptors (Lipinski definition) is 7. The van der Waals surface area contributed by atoms with Crippen molar-refractivity contribution in [1.29, 1.82) is 0 Å². The number of nitrogens with one attached hydrogen (secondary N) is 1. The largest absolute Gasteiger partial charge is 0.363 e. The van der Waals surface area contributed by atoms with Crippen LogP contribution in [0.5, 0.6) is 0 Å². The van der Waals surface area contributed by atoms with E-state index in [1.165, 1.54) is 45.2 Å². The average molecular weight is 419 g/mol. The van der Waals surface area contributed by atoms with Crippen molar-refractivity contribution >= 4 is 17.0 Å². The molecule has 6 rings (SSSR count). The van der Waals surface area contributed by atoms with Crippen LogP contribution in [-0.2, 0) is 6.54 Å². The molecule has 1 aliphatic heterocycles. The van der Waals surface area contributed by atoms with Crippen LogP contribution in [0.25, 0.3) is 22.6 Å². The van der Waals surface area contributed by atoms with E-state index < -0.39 is 0 Å². The van der Waals surface area contributed by atoms with Crippen LogP contribution in [0.3, 0.4) is 0 Å². The molecule has 4 heterocycles. The molecule has 3 aliphatic rings. The summed E-state index contributed by atoms with van der Waals surface area (Å²) in [5.41, 5.74) is 3.03. The molecule has 3 aromatic heterocycles. The third-order valence-electron chi connectivity index (χ3n) is 7.36. The second-order valence-electron chi connectivity index (χ2n) is 9.62. The van der Waals surface area contributed by atoms with Crippen molar-refractivity contribution < 1.29 is 0 Å². The Morgan fingerprint density at radius 3 is 2.65 bits per heavy atom. The van der Waals surface area contributed by atoms with Crippen LogP contribution >= 0.6 is 0 Å². The molecule has 0 bridgehead atoms. The summed E-state index contributed by atoms with van der Waals surface area (Å²) in [6.07, 6.45) is 12.2. The molecule has 8 nitrogen and oxygen atoms in total. The number of rotatable bonds is 7. The third kappa shape index (κ3) is 3.46. The highest BCUT2D eigenvalue weighted by Crippen LogP contribution is 2.54. The molecule has 1 spiro atoms. The zero-order valence-corrected chi connectivity index (χ0v) is 18.4. The SMILES string of the molecule is CCn1c(-c2cnc(C)nc2)nc2c(NC3CN(CCC4CC4)CC34CC4)ncnc21. The first-order chi connectivity index (χ1) is 15.1. The van der Waals surface area contributed by atoms with Crippen molar-refractivity contribution in [3.05, 3.63) is 24.5 Å². The zero-order chi connectivity index (χ0) is 21.0. The van der Waals surface area contributed by atoms with E-state index in [1.54, 1.807) is 6.33 Å². The predicted molar refractivity (Wildman–Crippen MR) is 120 cm³/mol. The summed E-state index contributed by atoms with van der Waals surface area (Å²) >= 11 is 0. The Bertz CT molecular complexity index is 1100. The van der Waals surface area contributed by atoms with E-state index in [1.807, 2.05) is 19.3 Å². The van der Waals surface area contributed by atoms with Crippen molar-refractivity contribution in [1.82, 2.24) is 34.4 Å². The van der Waals surface area contributed by atoms with E-state index in [4.69, 9.17) is 4.98 Å². The Morgan fingerprint density at radius 1 is 1.13 bits per heavy atom. The molecule has 2 aliphatic carbocycles. The first kappa shape index (κ1) is 19.1. The fourth-order valence-corrected chi connectivity index (χ4v) is 5.11. The number of aromatic nitrogens is 6. The number of anilines is 1. The molecule has 0 radical (unpaired) electrons. The molecule has 31 heavy (non-hydrogen) atoms. The number of likely N-dealkylation sites (tertiary alicyclic amines) is 1. The molecule has 1 unspecified atom stereocenters. The number of nitrogens with zero attached hydrogens (tertiary/aromatic N) is 7. The summed E-state index contributed by atoms with van der Waals surface area (Å²) in [5, 5.41) is 3.80. The van der Waals surface area contributed by atoms with Gasteiger partial charge in [0.2, 0.25) is 0 Å². The lowest BCUT2D eigenvalue weighted by Gasteiger charge is -2.19. The van der Waals surface area contributed by atoms with E-state index in [2.05, 4.69) is 41.6 Å². The molecule has 3 aromatic rings. The molecule has 0 amide bonds. The second-order valence-corrected chi connectivity index (χ2v) is 9.62. The Kier molecular flexibility index (Phi) is 4.45. The van der Waals surface area contributed by atoms with Crippen LogP contribution in [0.4, 0.5) is 5.82 Å². The highest BCUT2D eigenvalue weighted by atomic mass is 15.2. The normalized spacial score (nSPS) is 22.5. The molecule has 162 valence electrons. The molecular weight excluding hydrogens is 388 g/mol. The zero-order valence-electron chi connectivity index (χ0n) is 18.4. The van der Waals surface area contributed by atoms with Gasteiger partial charge in [-0.05, 0) is 45.6 Å². The van der Waals surface area contributed by atoms with Gasteiger partial charge in [-0.25, -0.2) is 24.9 Å². The van der Waals surface area contributed by atoms with Crippen molar-refractivity contribution in [3.8, 4) is 11.4 Å². The van der Waals surface area contributed by atoms with Gasteiger partial charge in [0.05, 0.1) is 5.56 Å². The fourth-order valence-electron chi connectivity index (χ4n) is 5.11. The quantitative estimate of drug-likeness (QED) is 0.630. The van der Waals surface area contributed by atoms with E-state index in [0.717, 1.165) is 53.2 Å². The lowest BCUT2D eigenvalue weighted by Crippen LogP contribution is -2.30. The molecule has 3 fully saturated rings. The second kappa shape index (κ2) is 7.22. The summed E-state index contributed by atoms with van der Waals surface area (Å²) in [7, 11) is 0. The average Bonchev–Trinajstić information content (AvgIpc) is 3.68. The van der Waals surface area contributed by atoms with Gasteiger partial charge in [0, 0.05) is 43.5 Å². The van der Waals surface area contributed by atoms with Gasteiger partial charge < -0.3 is 14.8 Å². The van der Waals surface area contributed by atoms with Gasteiger partial charge in [-0.15, -0.1) is 0 Å². The molecule has 1 N–H and O–H groups in total. The van der Waals surface area contributed by atoms with Crippen molar-refractivity contribution in [2.45, 2.75) is 58.5 Å². The monoisotopic (exact) mass is 418 g/mol. The van der Waals surface area contributed by atoms with Crippen LogP contribution in [0.1, 0.15) is 44.9 Å².